The molecule has 3 amide bonds. The number of nitrogens with two attached hydrogens (primary N) is 1. The zero-order valence-electron chi connectivity index (χ0n) is 10.4. The number of carboxylic acid groups (broad SMARTS) is 1. The molecule has 10 heteroatoms. The van der Waals surface area contributed by atoms with Crippen molar-refractivity contribution in [3.63, 3.8) is 0 Å². The minimum absolute atomic E-state index is 0.0808. The highest BCUT2D eigenvalue weighted by atomic mass is 79.9. The second-order valence-electron chi connectivity index (χ2n) is 3.89. The first-order valence-corrected chi connectivity index (χ1v) is 6.20. The van der Waals surface area contributed by atoms with Crippen molar-refractivity contribution < 1.29 is 28.3 Å². The molecule has 0 aliphatic heterocycles. The van der Waals surface area contributed by atoms with E-state index in [1.807, 2.05) is 5.32 Å². The molecule has 0 heterocycles. The molecule has 0 saturated heterocycles. The largest absolute Gasteiger partial charge is 0.480 e. The lowest BCUT2D eigenvalue weighted by molar-refractivity contribution is -0.137. The number of urea groups is 1. The van der Waals surface area contributed by atoms with Gasteiger partial charge >= 0.3 is 12.0 Å². The molecular weight excluding hydrogens is 356 g/mol. The summed E-state index contributed by atoms with van der Waals surface area (Å²) in [6, 6.07) is 0.382. The van der Waals surface area contributed by atoms with Crippen LogP contribution in [0, 0.1) is 11.6 Å². The van der Waals surface area contributed by atoms with Crippen LogP contribution in [0.2, 0.25) is 0 Å². The Balaban J connectivity index is 2.96. The number of rotatable bonds is 5. The van der Waals surface area contributed by atoms with Gasteiger partial charge in [0.15, 0.2) is 5.82 Å². The average molecular weight is 366 g/mol. The van der Waals surface area contributed by atoms with Crippen LogP contribution >= 0.6 is 15.9 Å². The van der Waals surface area contributed by atoms with E-state index in [9.17, 15) is 23.2 Å². The van der Waals surface area contributed by atoms with Crippen molar-refractivity contribution in [2.45, 2.75) is 0 Å². The molecule has 1 rings (SSSR count). The Labute approximate surface area is 125 Å². The van der Waals surface area contributed by atoms with E-state index in [1.54, 1.807) is 0 Å². The standard InChI is InChI=1S/C11H10BrF2N3O4/c12-6-1-5(13)2-7(14)10(6)16-11(21)17(3-8(15)18)4-9(19)20/h1-2H,3-4H2,(H2,15,18)(H,16,21)(H,19,20). The van der Waals surface area contributed by atoms with E-state index in [0.717, 1.165) is 6.07 Å². The third-order valence-electron chi connectivity index (χ3n) is 2.20. The van der Waals surface area contributed by atoms with Gasteiger partial charge in [-0.05, 0) is 22.0 Å². The lowest BCUT2D eigenvalue weighted by atomic mass is 10.3. The Hall–Kier alpha value is -2.23. The highest BCUT2D eigenvalue weighted by Crippen LogP contribution is 2.27. The predicted molar refractivity (Wildman–Crippen MR) is 71.5 cm³/mol. The molecule has 0 radical (unpaired) electrons. The summed E-state index contributed by atoms with van der Waals surface area (Å²) in [6.45, 7) is -1.48. The Morgan fingerprint density at radius 3 is 2.38 bits per heavy atom. The molecule has 0 spiro atoms. The summed E-state index contributed by atoms with van der Waals surface area (Å²) in [4.78, 5) is 33.8. The third kappa shape index (κ3) is 4.99. The number of carboxylic acids is 1. The van der Waals surface area contributed by atoms with Crippen LogP contribution in [0.15, 0.2) is 16.6 Å². The van der Waals surface area contributed by atoms with Gasteiger partial charge in [-0.15, -0.1) is 0 Å². The van der Waals surface area contributed by atoms with E-state index in [4.69, 9.17) is 10.8 Å². The van der Waals surface area contributed by atoms with E-state index >= 15 is 0 Å². The summed E-state index contributed by atoms with van der Waals surface area (Å²) >= 11 is 2.86. The zero-order chi connectivity index (χ0) is 16.2. The van der Waals surface area contributed by atoms with Gasteiger partial charge in [0.2, 0.25) is 5.91 Å². The summed E-state index contributed by atoms with van der Waals surface area (Å²) < 4.78 is 26.4. The molecule has 0 aromatic heterocycles. The van der Waals surface area contributed by atoms with Crippen LogP contribution < -0.4 is 11.1 Å². The number of nitrogens with zero attached hydrogens (tertiary/aromatic N) is 1. The minimum atomic E-state index is -1.38. The van der Waals surface area contributed by atoms with Gasteiger partial charge in [-0.1, -0.05) is 0 Å². The Kier molecular flexibility index (Phi) is 5.59. The summed E-state index contributed by atoms with van der Waals surface area (Å²) in [7, 11) is 0. The first kappa shape index (κ1) is 16.8. The predicted octanol–water partition coefficient (Wildman–Crippen LogP) is 1.13. The number of anilines is 1. The first-order chi connectivity index (χ1) is 9.70. The second kappa shape index (κ2) is 6.97. The van der Waals surface area contributed by atoms with Gasteiger partial charge in [0.05, 0.1) is 5.69 Å². The topological polar surface area (TPSA) is 113 Å². The smallest absolute Gasteiger partial charge is 0.323 e. The quantitative estimate of drug-likeness (QED) is 0.725. The maximum Gasteiger partial charge on any atom is 0.323 e. The van der Waals surface area contributed by atoms with Crippen LogP contribution in [0.1, 0.15) is 0 Å². The van der Waals surface area contributed by atoms with Gasteiger partial charge in [-0.25, -0.2) is 13.6 Å². The van der Waals surface area contributed by atoms with E-state index in [2.05, 4.69) is 15.9 Å². The number of nitrogens with one attached hydrogen (secondary N) is 1. The highest BCUT2D eigenvalue weighted by Gasteiger charge is 2.21. The van der Waals surface area contributed by atoms with E-state index in [-0.39, 0.29) is 10.2 Å². The van der Waals surface area contributed by atoms with E-state index in [1.165, 1.54) is 0 Å². The maximum atomic E-state index is 13.5. The van der Waals surface area contributed by atoms with Crippen LogP contribution in [-0.4, -0.2) is 41.0 Å². The number of aliphatic carboxylic acids is 1. The van der Waals surface area contributed by atoms with Gasteiger partial charge in [-0.2, -0.15) is 0 Å². The van der Waals surface area contributed by atoms with Crippen molar-refractivity contribution in [3.05, 3.63) is 28.2 Å². The number of carbonyl (C=O) groups excluding carboxylic acids is 2. The molecule has 1 aromatic carbocycles. The number of primary amides is 1. The number of halogens is 3. The lowest BCUT2D eigenvalue weighted by Crippen LogP contribution is -2.43. The van der Waals surface area contributed by atoms with Gasteiger partial charge < -0.3 is 21.1 Å². The second-order valence-corrected chi connectivity index (χ2v) is 4.75. The lowest BCUT2D eigenvalue weighted by Gasteiger charge is -2.20. The molecule has 0 saturated carbocycles. The molecule has 0 fully saturated rings. The van der Waals surface area contributed by atoms with Crippen LogP contribution in [0.5, 0.6) is 0 Å². The van der Waals surface area contributed by atoms with Crippen LogP contribution in [0.25, 0.3) is 0 Å². The summed E-state index contributed by atoms with van der Waals surface area (Å²) in [6.07, 6.45) is 0. The number of hydrogen-bond donors (Lipinski definition) is 3. The highest BCUT2D eigenvalue weighted by molar-refractivity contribution is 9.10. The fourth-order valence-electron chi connectivity index (χ4n) is 1.40. The molecule has 0 aliphatic carbocycles. The van der Waals surface area contributed by atoms with Crippen LogP contribution in [0.4, 0.5) is 19.3 Å². The molecule has 0 unspecified atom stereocenters. The first-order valence-electron chi connectivity index (χ1n) is 5.41. The van der Waals surface area contributed by atoms with E-state index < -0.39 is 42.6 Å². The molecule has 114 valence electrons. The Bertz CT molecular complexity index is 558. The Morgan fingerprint density at radius 1 is 1.29 bits per heavy atom. The monoisotopic (exact) mass is 365 g/mol. The molecular formula is C11H10BrF2N3O4. The van der Waals surface area contributed by atoms with Crippen molar-refractivity contribution in [2.24, 2.45) is 5.73 Å². The zero-order valence-corrected chi connectivity index (χ0v) is 12.0. The summed E-state index contributed by atoms with van der Waals surface area (Å²) in [5, 5.41) is 10.7. The number of amides is 3. The van der Waals surface area contributed by atoms with Gasteiger partial charge in [0.25, 0.3) is 0 Å². The Morgan fingerprint density at radius 2 is 1.90 bits per heavy atom. The summed E-state index contributed by atoms with van der Waals surface area (Å²) in [5.41, 5.74) is 4.51. The summed E-state index contributed by atoms with van der Waals surface area (Å²) in [5.74, 6) is -4.25. The van der Waals surface area contributed by atoms with Crippen molar-refractivity contribution in [3.8, 4) is 0 Å². The third-order valence-corrected chi connectivity index (χ3v) is 2.82. The minimum Gasteiger partial charge on any atom is -0.480 e. The molecule has 1 aromatic rings. The van der Waals surface area contributed by atoms with Gasteiger partial charge in [-0.3, -0.25) is 9.59 Å². The molecule has 21 heavy (non-hydrogen) atoms. The van der Waals surface area contributed by atoms with Crippen LogP contribution in [0.3, 0.4) is 0 Å². The molecule has 4 N–H and O–H groups in total. The van der Waals surface area contributed by atoms with E-state index in [0.29, 0.717) is 11.0 Å². The fourth-order valence-corrected chi connectivity index (χ4v) is 1.91. The maximum absolute atomic E-state index is 13.5. The fraction of sp³-hybridized carbons (Fsp3) is 0.182. The molecule has 0 aliphatic rings. The molecule has 0 bridgehead atoms. The normalized spacial score (nSPS) is 10.0. The van der Waals surface area contributed by atoms with Crippen molar-refractivity contribution >= 4 is 39.5 Å². The molecule has 7 nitrogen and oxygen atoms in total. The van der Waals surface area contributed by atoms with Crippen molar-refractivity contribution in [1.29, 1.82) is 0 Å². The number of hydrogen-bond acceptors (Lipinski definition) is 3. The van der Waals surface area contributed by atoms with Gasteiger partial charge in [0, 0.05) is 10.5 Å². The average Bonchev–Trinajstić information content (AvgIpc) is 2.31. The van der Waals surface area contributed by atoms with Crippen molar-refractivity contribution in [2.75, 3.05) is 18.4 Å². The van der Waals surface area contributed by atoms with Gasteiger partial charge in [0.1, 0.15) is 18.9 Å². The SMILES string of the molecule is NC(=O)CN(CC(=O)O)C(=O)Nc1c(F)cc(F)cc1Br. The molecule has 0 atom stereocenters. The number of benzene rings is 1. The van der Waals surface area contributed by atoms with Crippen LogP contribution in [-0.2, 0) is 9.59 Å². The van der Waals surface area contributed by atoms with Crippen molar-refractivity contribution in [1.82, 2.24) is 4.90 Å². The number of carbonyl (C=O) groups is 3.